The highest BCUT2D eigenvalue weighted by Crippen LogP contribution is 2.36. The van der Waals surface area contributed by atoms with Crippen LogP contribution >= 0.6 is 0 Å². The summed E-state index contributed by atoms with van der Waals surface area (Å²) in [5, 5.41) is 0. The maximum atomic E-state index is 13.3. The number of amides is 2. The predicted molar refractivity (Wildman–Crippen MR) is 97.5 cm³/mol. The largest absolute Gasteiger partial charge is 0.416 e. The molecule has 0 unspecified atom stereocenters. The van der Waals surface area contributed by atoms with Crippen molar-refractivity contribution in [2.75, 3.05) is 16.4 Å². The van der Waals surface area contributed by atoms with Gasteiger partial charge < -0.3 is 4.90 Å². The van der Waals surface area contributed by atoms with Crippen molar-refractivity contribution in [2.45, 2.75) is 24.8 Å². The molecule has 2 aliphatic heterocycles. The second kappa shape index (κ2) is 6.72. The highest BCUT2D eigenvalue weighted by atomic mass is 32.2. The van der Waals surface area contributed by atoms with Crippen LogP contribution in [0.1, 0.15) is 11.1 Å². The van der Waals surface area contributed by atoms with Crippen LogP contribution in [0.5, 0.6) is 0 Å². The van der Waals surface area contributed by atoms with Crippen molar-refractivity contribution >= 4 is 21.6 Å². The standard InChI is InChI=1S/C19H16F4N2O3S/c20-14-4-6-15(7-5-14)25-17-11-29(27,28)10-16(17)24(18(25)26)9-12-2-1-3-13(8-12)19(21,22)23/h1-8,16-17H,9-11H2/t16-,17-/m0/s1. The molecule has 0 spiro atoms. The fraction of sp³-hybridized carbons (Fsp3) is 0.316. The number of urea groups is 1. The van der Waals surface area contributed by atoms with E-state index in [1.165, 1.54) is 34.1 Å². The number of nitrogens with zero attached hydrogens (tertiary/aromatic N) is 2. The van der Waals surface area contributed by atoms with Crippen LogP contribution in [0.2, 0.25) is 0 Å². The Bertz CT molecular complexity index is 1050. The first kappa shape index (κ1) is 19.7. The first-order chi connectivity index (χ1) is 13.5. The lowest BCUT2D eigenvalue weighted by Crippen LogP contribution is -2.37. The third kappa shape index (κ3) is 3.68. The lowest BCUT2D eigenvalue weighted by molar-refractivity contribution is -0.137. The van der Waals surface area contributed by atoms with Crippen LogP contribution in [-0.4, -0.2) is 42.9 Å². The average molecular weight is 428 g/mol. The molecule has 5 nitrogen and oxygen atoms in total. The molecular weight excluding hydrogens is 412 g/mol. The third-order valence-corrected chi connectivity index (χ3v) is 6.89. The summed E-state index contributed by atoms with van der Waals surface area (Å²) >= 11 is 0. The van der Waals surface area contributed by atoms with Crippen LogP contribution in [0, 0.1) is 5.82 Å². The normalized spacial score (nSPS) is 23.5. The van der Waals surface area contributed by atoms with Gasteiger partial charge in [0.2, 0.25) is 0 Å². The van der Waals surface area contributed by atoms with Gasteiger partial charge in [0.05, 0.1) is 29.2 Å². The zero-order valence-electron chi connectivity index (χ0n) is 14.9. The summed E-state index contributed by atoms with van der Waals surface area (Å²) in [4.78, 5) is 15.6. The molecule has 2 aromatic carbocycles. The Hall–Kier alpha value is -2.62. The summed E-state index contributed by atoms with van der Waals surface area (Å²) in [6.07, 6.45) is -4.52. The van der Waals surface area contributed by atoms with E-state index in [-0.39, 0.29) is 23.6 Å². The maximum Gasteiger partial charge on any atom is 0.416 e. The van der Waals surface area contributed by atoms with E-state index in [1.807, 2.05) is 0 Å². The summed E-state index contributed by atoms with van der Waals surface area (Å²) in [6, 6.07) is 7.80. The van der Waals surface area contributed by atoms with E-state index >= 15 is 0 Å². The Morgan fingerprint density at radius 3 is 2.31 bits per heavy atom. The van der Waals surface area contributed by atoms with Crippen molar-refractivity contribution in [1.29, 1.82) is 0 Å². The smallest absolute Gasteiger partial charge is 0.314 e. The first-order valence-corrected chi connectivity index (χ1v) is 10.6. The molecule has 154 valence electrons. The minimum Gasteiger partial charge on any atom is -0.314 e. The Morgan fingerprint density at radius 1 is 1.00 bits per heavy atom. The van der Waals surface area contributed by atoms with Crippen LogP contribution in [0.3, 0.4) is 0 Å². The molecule has 0 N–H and O–H groups in total. The van der Waals surface area contributed by atoms with E-state index in [0.717, 1.165) is 24.3 Å². The van der Waals surface area contributed by atoms with Gasteiger partial charge in [-0.2, -0.15) is 13.2 Å². The summed E-state index contributed by atoms with van der Waals surface area (Å²) in [5.74, 6) is -1.02. The van der Waals surface area contributed by atoms with Crippen molar-refractivity contribution in [3.8, 4) is 0 Å². The van der Waals surface area contributed by atoms with Gasteiger partial charge in [-0.25, -0.2) is 17.6 Å². The van der Waals surface area contributed by atoms with E-state index in [9.17, 15) is 30.8 Å². The quantitative estimate of drug-likeness (QED) is 0.556. The summed E-state index contributed by atoms with van der Waals surface area (Å²) in [6.45, 7) is -0.156. The molecule has 0 bridgehead atoms. The van der Waals surface area contributed by atoms with Crippen LogP contribution in [0.15, 0.2) is 48.5 Å². The average Bonchev–Trinajstić information content (AvgIpc) is 3.06. The number of fused-ring (bicyclic) bond motifs is 1. The number of hydrogen-bond donors (Lipinski definition) is 0. The van der Waals surface area contributed by atoms with E-state index in [1.54, 1.807) is 0 Å². The second-order valence-electron chi connectivity index (χ2n) is 7.17. The van der Waals surface area contributed by atoms with Crippen LogP contribution in [0.25, 0.3) is 0 Å². The summed E-state index contributed by atoms with van der Waals surface area (Å²) in [7, 11) is -3.42. The Labute approximate surface area is 164 Å². The van der Waals surface area contributed by atoms with E-state index in [4.69, 9.17) is 0 Å². The Morgan fingerprint density at radius 2 is 1.66 bits per heavy atom. The van der Waals surface area contributed by atoms with Gasteiger partial charge in [-0.15, -0.1) is 0 Å². The zero-order valence-corrected chi connectivity index (χ0v) is 15.8. The minimum absolute atomic E-state index is 0.156. The molecule has 2 aromatic rings. The van der Waals surface area contributed by atoms with E-state index in [0.29, 0.717) is 5.69 Å². The van der Waals surface area contributed by atoms with Crippen LogP contribution in [-0.2, 0) is 22.6 Å². The number of carbonyl (C=O) groups is 1. The first-order valence-electron chi connectivity index (χ1n) is 8.77. The fourth-order valence-corrected chi connectivity index (χ4v) is 5.86. The number of alkyl halides is 3. The lowest BCUT2D eigenvalue weighted by Gasteiger charge is -2.23. The number of halogens is 4. The molecule has 2 heterocycles. The second-order valence-corrected chi connectivity index (χ2v) is 9.32. The molecule has 0 saturated carbocycles. The van der Waals surface area contributed by atoms with E-state index in [2.05, 4.69) is 0 Å². The molecule has 2 amide bonds. The third-order valence-electron chi connectivity index (χ3n) is 5.19. The number of rotatable bonds is 3. The van der Waals surface area contributed by atoms with Gasteiger partial charge in [0.15, 0.2) is 9.84 Å². The van der Waals surface area contributed by atoms with Crippen LogP contribution in [0.4, 0.5) is 28.0 Å². The SMILES string of the molecule is O=C1N(Cc2cccc(C(F)(F)F)c2)[C@H]2CS(=O)(=O)C[C@@H]2N1c1ccc(F)cc1. The lowest BCUT2D eigenvalue weighted by atomic mass is 10.1. The molecule has 0 aromatic heterocycles. The van der Waals surface area contributed by atoms with Gasteiger partial charge >= 0.3 is 12.2 Å². The van der Waals surface area contributed by atoms with Crippen molar-refractivity contribution in [1.82, 2.24) is 4.90 Å². The van der Waals surface area contributed by atoms with Crippen LogP contribution < -0.4 is 4.90 Å². The molecule has 0 aliphatic carbocycles. The monoisotopic (exact) mass is 428 g/mol. The minimum atomic E-state index is -4.52. The van der Waals surface area contributed by atoms with E-state index < -0.39 is 45.5 Å². The predicted octanol–water partition coefficient (Wildman–Crippen LogP) is 3.45. The molecule has 2 saturated heterocycles. The van der Waals surface area contributed by atoms with Gasteiger partial charge in [-0.1, -0.05) is 12.1 Å². The number of anilines is 1. The van der Waals surface area contributed by atoms with Gasteiger partial charge in [0, 0.05) is 12.2 Å². The van der Waals surface area contributed by atoms with Crippen molar-refractivity contribution in [2.24, 2.45) is 0 Å². The zero-order chi connectivity index (χ0) is 21.0. The molecule has 29 heavy (non-hydrogen) atoms. The summed E-state index contributed by atoms with van der Waals surface area (Å²) in [5.41, 5.74) is -0.250. The highest BCUT2D eigenvalue weighted by Gasteiger charge is 2.53. The van der Waals surface area contributed by atoms with Gasteiger partial charge in [-0.05, 0) is 42.0 Å². The molecule has 10 heteroatoms. The van der Waals surface area contributed by atoms with Crippen molar-refractivity contribution in [3.05, 3.63) is 65.5 Å². The fourth-order valence-electron chi connectivity index (χ4n) is 3.91. The topological polar surface area (TPSA) is 57.7 Å². The Balaban J connectivity index is 1.68. The molecule has 2 atom stereocenters. The van der Waals surface area contributed by atoms with Gasteiger partial charge in [0.25, 0.3) is 0 Å². The molecule has 0 radical (unpaired) electrons. The van der Waals surface area contributed by atoms with Crippen molar-refractivity contribution in [3.63, 3.8) is 0 Å². The summed E-state index contributed by atoms with van der Waals surface area (Å²) < 4.78 is 76.6. The maximum absolute atomic E-state index is 13.3. The van der Waals surface area contributed by atoms with Gasteiger partial charge in [-0.3, -0.25) is 4.90 Å². The molecule has 2 fully saturated rings. The Kier molecular flexibility index (Phi) is 4.56. The van der Waals surface area contributed by atoms with Crippen molar-refractivity contribution < 1.29 is 30.8 Å². The molecular formula is C19H16F4N2O3S. The number of carbonyl (C=O) groups excluding carboxylic acids is 1. The van der Waals surface area contributed by atoms with Gasteiger partial charge in [0.1, 0.15) is 5.82 Å². The molecule has 2 aliphatic rings. The molecule has 4 rings (SSSR count). The number of sulfone groups is 1. The number of benzene rings is 2. The highest BCUT2D eigenvalue weighted by molar-refractivity contribution is 7.91. The number of hydrogen-bond acceptors (Lipinski definition) is 3.